The summed E-state index contributed by atoms with van der Waals surface area (Å²) in [5.41, 5.74) is 0. The topological polar surface area (TPSA) is 72.4 Å². The van der Waals surface area contributed by atoms with E-state index in [0.717, 1.165) is 19.4 Å². The fourth-order valence-electron chi connectivity index (χ4n) is 2.22. The van der Waals surface area contributed by atoms with Gasteiger partial charge in [-0.2, -0.15) is 5.10 Å². The lowest BCUT2D eigenvalue weighted by Crippen LogP contribution is -2.44. The van der Waals surface area contributed by atoms with Gasteiger partial charge in [0, 0.05) is 31.6 Å². The van der Waals surface area contributed by atoms with Gasteiger partial charge >= 0.3 is 0 Å². The number of aromatic nitrogens is 2. The van der Waals surface area contributed by atoms with E-state index >= 15 is 0 Å². The first-order valence-corrected chi connectivity index (χ1v) is 6.86. The molecule has 1 saturated heterocycles. The summed E-state index contributed by atoms with van der Waals surface area (Å²) in [4.78, 5) is 24.7. The Kier molecular flexibility index (Phi) is 5.03. The Bertz CT molecular complexity index is 464. The SMILES string of the molecule is CC(=O)CCC(=O)N1CCCC(Oc2cccnn2)C1. The van der Waals surface area contributed by atoms with Gasteiger partial charge in [-0.15, -0.1) is 5.10 Å². The first-order chi connectivity index (χ1) is 9.65. The van der Waals surface area contributed by atoms with Crippen LogP contribution in [0.4, 0.5) is 0 Å². The molecule has 20 heavy (non-hydrogen) atoms. The highest BCUT2D eigenvalue weighted by Crippen LogP contribution is 2.17. The van der Waals surface area contributed by atoms with Crippen LogP contribution < -0.4 is 4.74 Å². The molecule has 2 heterocycles. The van der Waals surface area contributed by atoms with Crippen LogP contribution in [0.3, 0.4) is 0 Å². The number of Topliss-reactive ketones (excluding diaryl/α,β-unsaturated/α-hetero) is 1. The summed E-state index contributed by atoms with van der Waals surface area (Å²) < 4.78 is 5.73. The van der Waals surface area contributed by atoms with Gasteiger partial charge in [0.25, 0.3) is 0 Å². The van der Waals surface area contributed by atoms with E-state index in [1.807, 2.05) is 0 Å². The first kappa shape index (κ1) is 14.4. The van der Waals surface area contributed by atoms with Crippen LogP contribution in [0, 0.1) is 0 Å². The van der Waals surface area contributed by atoms with Gasteiger partial charge in [-0.3, -0.25) is 4.79 Å². The van der Waals surface area contributed by atoms with Crippen molar-refractivity contribution in [3.63, 3.8) is 0 Å². The molecule has 6 nitrogen and oxygen atoms in total. The lowest BCUT2D eigenvalue weighted by atomic mass is 10.1. The van der Waals surface area contributed by atoms with Gasteiger partial charge < -0.3 is 14.4 Å². The van der Waals surface area contributed by atoms with E-state index in [9.17, 15) is 9.59 Å². The average molecular weight is 277 g/mol. The van der Waals surface area contributed by atoms with Gasteiger partial charge in [-0.25, -0.2) is 0 Å². The van der Waals surface area contributed by atoms with Crippen LogP contribution in [0.25, 0.3) is 0 Å². The zero-order valence-electron chi connectivity index (χ0n) is 11.6. The molecule has 0 N–H and O–H groups in total. The number of carbonyl (C=O) groups is 2. The highest BCUT2D eigenvalue weighted by atomic mass is 16.5. The number of amides is 1. The Morgan fingerprint density at radius 3 is 3.00 bits per heavy atom. The Morgan fingerprint density at radius 2 is 2.30 bits per heavy atom. The predicted molar refractivity (Wildman–Crippen MR) is 72.2 cm³/mol. The molecule has 1 aromatic heterocycles. The number of nitrogens with zero attached hydrogens (tertiary/aromatic N) is 3. The van der Waals surface area contributed by atoms with Crippen LogP contribution in [0.15, 0.2) is 18.3 Å². The molecule has 0 saturated carbocycles. The molecule has 0 aliphatic carbocycles. The van der Waals surface area contributed by atoms with Crippen molar-refractivity contribution in [1.29, 1.82) is 0 Å². The Morgan fingerprint density at radius 1 is 1.45 bits per heavy atom. The molecule has 0 spiro atoms. The van der Waals surface area contributed by atoms with Gasteiger partial charge in [0.15, 0.2) is 0 Å². The van der Waals surface area contributed by atoms with Crippen LogP contribution in [-0.2, 0) is 9.59 Å². The second kappa shape index (κ2) is 6.98. The number of carbonyl (C=O) groups excluding carboxylic acids is 2. The fourth-order valence-corrected chi connectivity index (χ4v) is 2.22. The minimum Gasteiger partial charge on any atom is -0.471 e. The zero-order valence-corrected chi connectivity index (χ0v) is 11.6. The number of likely N-dealkylation sites (tertiary alicyclic amines) is 1. The fraction of sp³-hybridized carbons (Fsp3) is 0.571. The second-order valence-corrected chi connectivity index (χ2v) is 4.99. The number of ketones is 1. The van der Waals surface area contributed by atoms with Crippen LogP contribution in [0.1, 0.15) is 32.6 Å². The van der Waals surface area contributed by atoms with Crippen molar-refractivity contribution in [1.82, 2.24) is 15.1 Å². The molecule has 1 amide bonds. The molecular weight excluding hydrogens is 258 g/mol. The molecule has 1 aliphatic rings. The average Bonchev–Trinajstić information content (AvgIpc) is 2.46. The third-order valence-corrected chi connectivity index (χ3v) is 3.26. The standard InChI is InChI=1S/C14H19N3O3/c1-11(18)6-7-14(19)17-9-3-4-12(10-17)20-13-5-2-8-15-16-13/h2,5,8,12H,3-4,6-7,9-10H2,1H3. The smallest absolute Gasteiger partial charge is 0.233 e. The highest BCUT2D eigenvalue weighted by molar-refractivity contribution is 5.83. The molecule has 0 aromatic carbocycles. The third kappa shape index (κ3) is 4.29. The van der Waals surface area contributed by atoms with Crippen molar-refractivity contribution in [3.05, 3.63) is 18.3 Å². The summed E-state index contributed by atoms with van der Waals surface area (Å²) in [6, 6.07) is 3.52. The van der Waals surface area contributed by atoms with Crippen molar-refractivity contribution < 1.29 is 14.3 Å². The summed E-state index contributed by atoms with van der Waals surface area (Å²) in [7, 11) is 0. The molecule has 1 aromatic rings. The number of hydrogen-bond donors (Lipinski definition) is 0. The van der Waals surface area contributed by atoms with Crippen molar-refractivity contribution in [2.45, 2.75) is 38.7 Å². The molecule has 108 valence electrons. The van der Waals surface area contributed by atoms with Gasteiger partial charge in [-0.1, -0.05) is 0 Å². The Hall–Kier alpha value is -1.98. The van der Waals surface area contributed by atoms with E-state index in [4.69, 9.17) is 4.74 Å². The highest BCUT2D eigenvalue weighted by Gasteiger charge is 2.25. The van der Waals surface area contributed by atoms with Crippen LogP contribution in [0.5, 0.6) is 5.88 Å². The summed E-state index contributed by atoms with van der Waals surface area (Å²) in [6.07, 6.45) is 3.93. The molecular formula is C14H19N3O3. The molecule has 6 heteroatoms. The van der Waals surface area contributed by atoms with Gasteiger partial charge in [0.2, 0.25) is 11.8 Å². The molecule has 0 bridgehead atoms. The first-order valence-electron chi connectivity index (χ1n) is 6.86. The summed E-state index contributed by atoms with van der Waals surface area (Å²) in [5, 5.41) is 7.64. The number of rotatable bonds is 5. The van der Waals surface area contributed by atoms with E-state index in [0.29, 0.717) is 18.8 Å². The number of piperidine rings is 1. The molecule has 2 rings (SSSR count). The maximum atomic E-state index is 12.0. The summed E-state index contributed by atoms with van der Waals surface area (Å²) in [5.74, 6) is 0.547. The maximum Gasteiger partial charge on any atom is 0.233 e. The Balaban J connectivity index is 1.85. The van der Waals surface area contributed by atoms with Crippen molar-refractivity contribution in [2.24, 2.45) is 0 Å². The van der Waals surface area contributed by atoms with E-state index in [1.54, 1.807) is 23.2 Å². The molecule has 1 fully saturated rings. The molecule has 1 aliphatic heterocycles. The van der Waals surface area contributed by atoms with Crippen molar-refractivity contribution in [2.75, 3.05) is 13.1 Å². The minimum atomic E-state index is -0.0540. The predicted octanol–water partition coefficient (Wildman–Crippen LogP) is 1.22. The quantitative estimate of drug-likeness (QED) is 0.809. The lowest BCUT2D eigenvalue weighted by molar-refractivity contribution is -0.135. The molecule has 1 unspecified atom stereocenters. The third-order valence-electron chi connectivity index (χ3n) is 3.26. The number of hydrogen-bond acceptors (Lipinski definition) is 5. The van der Waals surface area contributed by atoms with Gasteiger partial charge in [-0.05, 0) is 25.8 Å². The summed E-state index contributed by atoms with van der Waals surface area (Å²) >= 11 is 0. The van der Waals surface area contributed by atoms with Crippen LogP contribution >= 0.6 is 0 Å². The van der Waals surface area contributed by atoms with Crippen LogP contribution in [0.2, 0.25) is 0 Å². The largest absolute Gasteiger partial charge is 0.471 e. The maximum absolute atomic E-state index is 12.0. The summed E-state index contributed by atoms with van der Waals surface area (Å²) in [6.45, 7) is 2.79. The van der Waals surface area contributed by atoms with E-state index in [-0.39, 0.29) is 24.2 Å². The molecule has 1 atom stereocenters. The van der Waals surface area contributed by atoms with E-state index in [1.165, 1.54) is 6.92 Å². The number of ether oxygens (including phenoxy) is 1. The van der Waals surface area contributed by atoms with Crippen LogP contribution in [-0.4, -0.2) is 46.0 Å². The monoisotopic (exact) mass is 277 g/mol. The van der Waals surface area contributed by atoms with Gasteiger partial charge in [0.1, 0.15) is 11.9 Å². The lowest BCUT2D eigenvalue weighted by Gasteiger charge is -2.32. The zero-order chi connectivity index (χ0) is 14.4. The second-order valence-electron chi connectivity index (χ2n) is 4.99. The van der Waals surface area contributed by atoms with Crippen molar-refractivity contribution in [3.8, 4) is 5.88 Å². The Labute approximate surface area is 118 Å². The van der Waals surface area contributed by atoms with E-state index in [2.05, 4.69) is 10.2 Å². The normalized spacial score (nSPS) is 18.6. The van der Waals surface area contributed by atoms with Crippen molar-refractivity contribution >= 4 is 11.7 Å². The van der Waals surface area contributed by atoms with E-state index < -0.39 is 0 Å². The molecule has 0 radical (unpaired) electrons. The van der Waals surface area contributed by atoms with Gasteiger partial charge in [0.05, 0.1) is 6.54 Å². The minimum absolute atomic E-state index is 0.0210.